The van der Waals surface area contributed by atoms with E-state index in [1.165, 1.54) is 69.9 Å². The van der Waals surface area contributed by atoms with Crippen molar-refractivity contribution in [2.75, 3.05) is 64.3 Å². The van der Waals surface area contributed by atoms with Crippen LogP contribution in [0.15, 0.2) is 29.3 Å². The Hall–Kier alpha value is -1.06. The molecule has 4 heterocycles. The number of rotatable bonds is 5. The molecule has 2 bridgehead atoms. The summed E-state index contributed by atoms with van der Waals surface area (Å²) in [6, 6.07) is 9.78. The number of nitrogens with one attached hydrogen (secondary N) is 2. The van der Waals surface area contributed by atoms with Gasteiger partial charge in [0.2, 0.25) is 0 Å². The van der Waals surface area contributed by atoms with Gasteiger partial charge in [0.1, 0.15) is 0 Å². The van der Waals surface area contributed by atoms with Crippen molar-refractivity contribution in [1.29, 1.82) is 0 Å². The van der Waals surface area contributed by atoms with E-state index < -0.39 is 0 Å². The van der Waals surface area contributed by atoms with Gasteiger partial charge in [-0.05, 0) is 37.5 Å². The number of anilines is 1. The third-order valence-electron chi connectivity index (χ3n) is 6.32. The molecule has 7 heteroatoms. The van der Waals surface area contributed by atoms with Crippen molar-refractivity contribution < 1.29 is 0 Å². The highest BCUT2D eigenvalue weighted by atomic mass is 127. The summed E-state index contributed by atoms with van der Waals surface area (Å²) in [5, 5.41) is 7.13. The SMILES string of the molecule is CN=C(NCC1CN2CCN1CC2)NC(C)c1cccc(N2CCCC2)c1.I. The van der Waals surface area contributed by atoms with E-state index in [1.807, 2.05) is 7.05 Å². The molecule has 0 spiro atoms. The molecular formula is C21H35IN6. The molecule has 0 amide bonds. The van der Waals surface area contributed by atoms with Crippen molar-refractivity contribution in [2.45, 2.75) is 31.8 Å². The van der Waals surface area contributed by atoms with Crippen LogP contribution in [0.1, 0.15) is 31.4 Å². The second kappa shape index (κ2) is 10.1. The first-order valence-electron chi connectivity index (χ1n) is 10.5. The second-order valence-corrected chi connectivity index (χ2v) is 8.10. The van der Waals surface area contributed by atoms with E-state index in [0.717, 1.165) is 12.5 Å². The fourth-order valence-electron chi connectivity index (χ4n) is 4.58. The molecule has 2 atom stereocenters. The minimum atomic E-state index is 0. The molecule has 1 aromatic rings. The highest BCUT2D eigenvalue weighted by Gasteiger charge is 2.31. The molecule has 4 fully saturated rings. The molecule has 0 aromatic heterocycles. The third kappa shape index (κ3) is 5.10. The fraction of sp³-hybridized carbons (Fsp3) is 0.667. The monoisotopic (exact) mass is 498 g/mol. The van der Waals surface area contributed by atoms with E-state index in [9.17, 15) is 0 Å². The Bertz CT molecular complexity index is 652. The number of benzene rings is 1. The molecule has 1 aromatic carbocycles. The number of guanidine groups is 1. The molecule has 4 aliphatic rings. The van der Waals surface area contributed by atoms with Crippen LogP contribution in [0.4, 0.5) is 5.69 Å². The minimum absolute atomic E-state index is 0. The Labute approximate surface area is 186 Å². The maximum absolute atomic E-state index is 4.45. The number of halogens is 1. The van der Waals surface area contributed by atoms with E-state index >= 15 is 0 Å². The normalized spacial score (nSPS) is 28.0. The van der Waals surface area contributed by atoms with Crippen molar-refractivity contribution in [3.63, 3.8) is 0 Å². The van der Waals surface area contributed by atoms with E-state index in [4.69, 9.17) is 0 Å². The highest BCUT2D eigenvalue weighted by molar-refractivity contribution is 14.0. The molecule has 4 saturated heterocycles. The number of nitrogens with zero attached hydrogens (tertiary/aromatic N) is 4. The maximum atomic E-state index is 4.45. The molecule has 0 aliphatic carbocycles. The Morgan fingerprint density at radius 3 is 2.54 bits per heavy atom. The standard InChI is InChI=1S/C21H34N6.HI/c1-17(18-6-5-7-19(14-18)26-8-3-4-9-26)24-21(22-2)23-15-20-16-25-10-12-27(20)13-11-25;/h5-7,14,17,20H,3-4,8-13,15-16H2,1-2H3,(H2,22,23,24);1H. The van der Waals surface area contributed by atoms with Gasteiger partial charge >= 0.3 is 0 Å². The molecule has 6 nitrogen and oxygen atoms in total. The van der Waals surface area contributed by atoms with Gasteiger partial charge in [0.25, 0.3) is 0 Å². The van der Waals surface area contributed by atoms with Crippen molar-refractivity contribution in [3.05, 3.63) is 29.8 Å². The Kier molecular flexibility index (Phi) is 7.82. The Morgan fingerprint density at radius 1 is 1.14 bits per heavy atom. The van der Waals surface area contributed by atoms with Gasteiger partial charge in [0, 0.05) is 71.1 Å². The van der Waals surface area contributed by atoms with E-state index in [1.54, 1.807) is 0 Å². The van der Waals surface area contributed by atoms with Crippen LogP contribution in [0.25, 0.3) is 0 Å². The summed E-state index contributed by atoms with van der Waals surface area (Å²) in [5.74, 6) is 0.895. The van der Waals surface area contributed by atoms with Crippen molar-refractivity contribution in [3.8, 4) is 0 Å². The van der Waals surface area contributed by atoms with Gasteiger partial charge < -0.3 is 15.5 Å². The largest absolute Gasteiger partial charge is 0.372 e. The zero-order valence-electron chi connectivity index (χ0n) is 17.2. The number of hydrogen-bond donors (Lipinski definition) is 2. The summed E-state index contributed by atoms with van der Waals surface area (Å²) in [7, 11) is 1.86. The first-order chi connectivity index (χ1) is 13.2. The average Bonchev–Trinajstić information content (AvgIpc) is 3.27. The van der Waals surface area contributed by atoms with Crippen molar-refractivity contribution in [2.24, 2.45) is 4.99 Å². The number of aliphatic imine (C=N–C) groups is 1. The molecule has 2 N–H and O–H groups in total. The molecule has 2 unspecified atom stereocenters. The summed E-state index contributed by atoms with van der Waals surface area (Å²) < 4.78 is 0. The summed E-state index contributed by atoms with van der Waals surface area (Å²) in [5.41, 5.74) is 2.66. The van der Waals surface area contributed by atoms with Gasteiger partial charge in [-0.1, -0.05) is 12.1 Å². The van der Waals surface area contributed by atoms with Crippen LogP contribution in [-0.4, -0.2) is 81.2 Å². The van der Waals surface area contributed by atoms with Crippen LogP contribution in [0.5, 0.6) is 0 Å². The summed E-state index contributed by atoms with van der Waals surface area (Å²) in [6.07, 6.45) is 2.62. The number of piperazine rings is 3. The van der Waals surface area contributed by atoms with Crippen molar-refractivity contribution in [1.82, 2.24) is 20.4 Å². The third-order valence-corrected chi connectivity index (χ3v) is 6.32. The first kappa shape index (κ1) is 21.6. The van der Waals surface area contributed by atoms with Crippen molar-refractivity contribution >= 4 is 35.6 Å². The number of hydrogen-bond acceptors (Lipinski definition) is 4. The van der Waals surface area contributed by atoms with Crippen LogP contribution in [0.3, 0.4) is 0 Å². The highest BCUT2D eigenvalue weighted by Crippen LogP contribution is 2.24. The van der Waals surface area contributed by atoms with Gasteiger partial charge in [-0.3, -0.25) is 14.8 Å². The fourth-order valence-corrected chi connectivity index (χ4v) is 4.58. The van der Waals surface area contributed by atoms with E-state index in [0.29, 0.717) is 6.04 Å². The smallest absolute Gasteiger partial charge is 0.191 e. The van der Waals surface area contributed by atoms with Gasteiger partial charge in [-0.15, -0.1) is 24.0 Å². The van der Waals surface area contributed by atoms with Gasteiger partial charge in [0.15, 0.2) is 5.96 Å². The second-order valence-electron chi connectivity index (χ2n) is 8.10. The molecule has 0 radical (unpaired) electrons. The molecule has 156 valence electrons. The summed E-state index contributed by atoms with van der Waals surface area (Å²) in [6.45, 7) is 11.6. The first-order valence-corrected chi connectivity index (χ1v) is 10.5. The summed E-state index contributed by atoms with van der Waals surface area (Å²) >= 11 is 0. The predicted molar refractivity (Wildman–Crippen MR) is 128 cm³/mol. The van der Waals surface area contributed by atoms with Crippen LogP contribution in [-0.2, 0) is 0 Å². The van der Waals surface area contributed by atoms with Gasteiger partial charge in [-0.25, -0.2) is 0 Å². The Morgan fingerprint density at radius 2 is 1.89 bits per heavy atom. The maximum Gasteiger partial charge on any atom is 0.191 e. The van der Waals surface area contributed by atoms with Crippen LogP contribution in [0, 0.1) is 0 Å². The van der Waals surface area contributed by atoms with Crippen LogP contribution >= 0.6 is 24.0 Å². The van der Waals surface area contributed by atoms with Gasteiger partial charge in [-0.2, -0.15) is 0 Å². The minimum Gasteiger partial charge on any atom is -0.372 e. The van der Waals surface area contributed by atoms with E-state index in [2.05, 4.69) is 61.5 Å². The zero-order valence-corrected chi connectivity index (χ0v) is 19.6. The zero-order chi connectivity index (χ0) is 18.6. The Balaban J connectivity index is 0.00000225. The lowest BCUT2D eigenvalue weighted by atomic mass is 10.1. The lowest BCUT2D eigenvalue weighted by Crippen LogP contribution is -2.63. The van der Waals surface area contributed by atoms with Crippen LogP contribution < -0.4 is 15.5 Å². The molecular weight excluding hydrogens is 463 g/mol. The van der Waals surface area contributed by atoms with Gasteiger partial charge in [0.05, 0.1) is 6.04 Å². The summed E-state index contributed by atoms with van der Waals surface area (Å²) in [4.78, 5) is 12.1. The van der Waals surface area contributed by atoms with Crippen LogP contribution in [0.2, 0.25) is 0 Å². The van der Waals surface area contributed by atoms with E-state index in [-0.39, 0.29) is 30.0 Å². The number of fused-ring (bicyclic) bond motifs is 3. The quantitative estimate of drug-likeness (QED) is 0.370. The molecule has 28 heavy (non-hydrogen) atoms. The molecule has 5 rings (SSSR count). The lowest BCUT2D eigenvalue weighted by Gasteiger charge is -2.47. The predicted octanol–water partition coefficient (Wildman–Crippen LogP) is 2.13. The molecule has 4 aliphatic heterocycles. The topological polar surface area (TPSA) is 46.1 Å². The average molecular weight is 498 g/mol. The lowest BCUT2D eigenvalue weighted by molar-refractivity contribution is 0.0154. The molecule has 0 saturated carbocycles.